The molecule has 0 unspecified atom stereocenters. The number of pyridine rings is 1. The largest absolute Gasteiger partial charge is 0.353 e. The molecule has 5 rings (SSSR count). The molecule has 0 saturated heterocycles. The molecule has 3 heterocycles. The van der Waals surface area contributed by atoms with Crippen LogP contribution in [0.3, 0.4) is 0 Å². The molecule has 24 heavy (non-hydrogen) atoms. The molecule has 118 valence electrons. The van der Waals surface area contributed by atoms with Gasteiger partial charge in [0.05, 0.1) is 22.2 Å². The minimum absolute atomic E-state index is 1.01. The second kappa shape index (κ2) is 5.10. The standard InChI is InChI=1S/C21H19N3/c1-2-3-10-17-20-18(13-8-4-6-11-15(13)22-20)21-19(24-17)14-9-5-7-12-16(14)23-21/h4-9,11-12,22-23H,2-3,10H2,1H3. The van der Waals surface area contributed by atoms with E-state index in [4.69, 9.17) is 4.98 Å². The highest BCUT2D eigenvalue weighted by atomic mass is 14.8. The lowest BCUT2D eigenvalue weighted by molar-refractivity contribution is 0.784. The molecule has 0 saturated carbocycles. The normalized spacial score (nSPS) is 12.0. The third-order valence-electron chi connectivity index (χ3n) is 4.94. The van der Waals surface area contributed by atoms with Crippen LogP contribution in [-0.4, -0.2) is 15.0 Å². The van der Waals surface area contributed by atoms with Crippen LogP contribution in [-0.2, 0) is 6.42 Å². The Bertz CT molecular complexity index is 1190. The second-order valence-electron chi connectivity index (χ2n) is 6.48. The van der Waals surface area contributed by atoms with Gasteiger partial charge < -0.3 is 9.97 Å². The van der Waals surface area contributed by atoms with Gasteiger partial charge in [-0.15, -0.1) is 0 Å². The third-order valence-corrected chi connectivity index (χ3v) is 4.94. The minimum atomic E-state index is 1.01. The maximum absolute atomic E-state index is 5.06. The van der Waals surface area contributed by atoms with E-state index in [1.807, 2.05) is 0 Å². The van der Waals surface area contributed by atoms with Crippen molar-refractivity contribution in [3.8, 4) is 0 Å². The van der Waals surface area contributed by atoms with Gasteiger partial charge in [-0.25, -0.2) is 4.98 Å². The topological polar surface area (TPSA) is 44.5 Å². The predicted octanol–water partition coefficient (Wildman–Crippen LogP) is 5.69. The summed E-state index contributed by atoms with van der Waals surface area (Å²) in [5.41, 5.74) is 6.93. The lowest BCUT2D eigenvalue weighted by Gasteiger charge is -2.03. The number of hydrogen-bond acceptors (Lipinski definition) is 1. The molecule has 3 nitrogen and oxygen atoms in total. The van der Waals surface area contributed by atoms with Gasteiger partial charge in [0.25, 0.3) is 0 Å². The first-order valence-corrected chi connectivity index (χ1v) is 8.66. The molecule has 0 aliphatic rings. The van der Waals surface area contributed by atoms with Crippen LogP contribution >= 0.6 is 0 Å². The Hall–Kier alpha value is -2.81. The number of para-hydroxylation sites is 2. The molecule has 0 atom stereocenters. The summed E-state index contributed by atoms with van der Waals surface area (Å²) in [7, 11) is 0. The predicted molar refractivity (Wildman–Crippen MR) is 102 cm³/mol. The van der Waals surface area contributed by atoms with E-state index >= 15 is 0 Å². The van der Waals surface area contributed by atoms with Crippen molar-refractivity contribution in [1.82, 2.24) is 15.0 Å². The van der Waals surface area contributed by atoms with Gasteiger partial charge in [-0.05, 0) is 25.0 Å². The molecular formula is C21H19N3. The number of hydrogen-bond donors (Lipinski definition) is 2. The summed E-state index contributed by atoms with van der Waals surface area (Å²) in [6.07, 6.45) is 3.34. The van der Waals surface area contributed by atoms with Crippen LogP contribution in [0.15, 0.2) is 48.5 Å². The summed E-state index contributed by atoms with van der Waals surface area (Å²) in [6.45, 7) is 2.23. The number of benzene rings is 2. The molecule has 0 fully saturated rings. The summed E-state index contributed by atoms with van der Waals surface area (Å²) in [5, 5.41) is 3.75. The summed E-state index contributed by atoms with van der Waals surface area (Å²) in [5.74, 6) is 0. The molecule has 5 aromatic rings. The van der Waals surface area contributed by atoms with Crippen molar-refractivity contribution >= 4 is 43.7 Å². The fourth-order valence-electron chi connectivity index (χ4n) is 3.76. The van der Waals surface area contributed by atoms with Crippen molar-refractivity contribution in [2.75, 3.05) is 0 Å². The lowest BCUT2D eigenvalue weighted by Crippen LogP contribution is -1.93. The fourth-order valence-corrected chi connectivity index (χ4v) is 3.76. The average molecular weight is 313 g/mol. The SMILES string of the molecule is CCCCc1nc2c3ccccc3[nH]c2c2c1[nH]c1ccccc12. The number of aromatic amines is 2. The molecule has 0 radical (unpaired) electrons. The molecule has 0 aliphatic carbocycles. The first kappa shape index (κ1) is 13.6. The number of nitrogens with zero attached hydrogens (tertiary/aromatic N) is 1. The Balaban J connectivity index is 2.00. The maximum atomic E-state index is 5.06. The molecule has 2 aromatic carbocycles. The van der Waals surface area contributed by atoms with E-state index in [1.165, 1.54) is 39.3 Å². The quantitative estimate of drug-likeness (QED) is 0.441. The van der Waals surface area contributed by atoms with E-state index < -0.39 is 0 Å². The number of unbranched alkanes of at least 4 members (excludes halogenated alkanes) is 1. The zero-order chi connectivity index (χ0) is 16.1. The molecule has 0 aliphatic heterocycles. The van der Waals surface area contributed by atoms with Gasteiger partial charge >= 0.3 is 0 Å². The second-order valence-corrected chi connectivity index (χ2v) is 6.48. The van der Waals surface area contributed by atoms with Gasteiger partial charge in [0.1, 0.15) is 0 Å². The first-order valence-electron chi connectivity index (χ1n) is 8.66. The van der Waals surface area contributed by atoms with Crippen LogP contribution in [0.25, 0.3) is 43.7 Å². The average Bonchev–Trinajstić information content (AvgIpc) is 3.18. The summed E-state index contributed by atoms with van der Waals surface area (Å²) < 4.78 is 0. The minimum Gasteiger partial charge on any atom is -0.353 e. The van der Waals surface area contributed by atoms with E-state index in [0.717, 1.165) is 29.4 Å². The zero-order valence-electron chi connectivity index (χ0n) is 13.7. The van der Waals surface area contributed by atoms with Crippen LogP contribution < -0.4 is 0 Å². The molecule has 3 aromatic heterocycles. The van der Waals surface area contributed by atoms with Gasteiger partial charge in [-0.2, -0.15) is 0 Å². The van der Waals surface area contributed by atoms with E-state index in [2.05, 4.69) is 65.4 Å². The lowest BCUT2D eigenvalue weighted by atomic mass is 10.1. The number of H-pyrrole nitrogens is 2. The summed E-state index contributed by atoms with van der Waals surface area (Å²) in [4.78, 5) is 12.3. The smallest absolute Gasteiger partial charge is 0.0969 e. The zero-order valence-corrected chi connectivity index (χ0v) is 13.7. The fraction of sp³-hybridized carbons (Fsp3) is 0.190. The van der Waals surface area contributed by atoms with Crippen molar-refractivity contribution in [3.05, 3.63) is 54.2 Å². The molecule has 3 heteroatoms. The van der Waals surface area contributed by atoms with E-state index in [9.17, 15) is 0 Å². The van der Waals surface area contributed by atoms with Crippen LogP contribution in [0.4, 0.5) is 0 Å². The third kappa shape index (κ3) is 1.81. The molecule has 0 spiro atoms. The van der Waals surface area contributed by atoms with E-state index in [1.54, 1.807) is 0 Å². The Morgan fingerprint density at radius 1 is 0.833 bits per heavy atom. The number of fused-ring (bicyclic) bond motifs is 7. The number of nitrogens with one attached hydrogen (secondary N) is 2. The Labute approximate surface area is 139 Å². The highest BCUT2D eigenvalue weighted by Crippen LogP contribution is 2.36. The highest BCUT2D eigenvalue weighted by Gasteiger charge is 2.16. The van der Waals surface area contributed by atoms with Gasteiger partial charge in [0.2, 0.25) is 0 Å². The molecular weight excluding hydrogens is 294 g/mol. The van der Waals surface area contributed by atoms with Crippen LogP contribution in [0.2, 0.25) is 0 Å². The van der Waals surface area contributed by atoms with Crippen molar-refractivity contribution in [2.45, 2.75) is 26.2 Å². The van der Waals surface area contributed by atoms with Gasteiger partial charge in [0.15, 0.2) is 0 Å². The number of rotatable bonds is 3. The van der Waals surface area contributed by atoms with Gasteiger partial charge in [0, 0.05) is 27.2 Å². The highest BCUT2D eigenvalue weighted by molar-refractivity contribution is 6.23. The van der Waals surface area contributed by atoms with Crippen molar-refractivity contribution in [1.29, 1.82) is 0 Å². The monoisotopic (exact) mass is 313 g/mol. The van der Waals surface area contributed by atoms with Crippen molar-refractivity contribution in [3.63, 3.8) is 0 Å². The number of aromatic nitrogens is 3. The summed E-state index contributed by atoms with van der Waals surface area (Å²) >= 11 is 0. The van der Waals surface area contributed by atoms with Gasteiger partial charge in [-0.1, -0.05) is 49.7 Å². The van der Waals surface area contributed by atoms with Crippen molar-refractivity contribution < 1.29 is 0 Å². The van der Waals surface area contributed by atoms with E-state index in [0.29, 0.717) is 0 Å². The number of aryl methyl sites for hydroxylation is 1. The van der Waals surface area contributed by atoms with Crippen LogP contribution in [0.5, 0.6) is 0 Å². The maximum Gasteiger partial charge on any atom is 0.0969 e. The Morgan fingerprint density at radius 2 is 1.50 bits per heavy atom. The van der Waals surface area contributed by atoms with Crippen LogP contribution in [0.1, 0.15) is 25.5 Å². The molecule has 0 amide bonds. The van der Waals surface area contributed by atoms with Gasteiger partial charge in [-0.3, -0.25) is 0 Å². The van der Waals surface area contributed by atoms with Crippen molar-refractivity contribution in [2.24, 2.45) is 0 Å². The first-order chi connectivity index (χ1) is 11.9. The molecule has 2 N–H and O–H groups in total. The van der Waals surface area contributed by atoms with E-state index in [-0.39, 0.29) is 0 Å². The Morgan fingerprint density at radius 3 is 2.29 bits per heavy atom. The van der Waals surface area contributed by atoms with Crippen LogP contribution in [0, 0.1) is 0 Å². The summed E-state index contributed by atoms with van der Waals surface area (Å²) in [6, 6.07) is 17.0. The molecule has 0 bridgehead atoms. The Kier molecular flexibility index (Phi) is 2.89.